The van der Waals surface area contributed by atoms with Crippen molar-refractivity contribution < 1.29 is 13.2 Å². The van der Waals surface area contributed by atoms with Gasteiger partial charge in [-0.1, -0.05) is 12.6 Å². The molecule has 3 rings (SSSR count). The van der Waals surface area contributed by atoms with E-state index in [1.54, 1.807) is 0 Å². The average Bonchev–Trinajstić information content (AvgIpc) is 2.94. The molecule has 1 aromatic heterocycles. The molecule has 23 heavy (non-hydrogen) atoms. The van der Waals surface area contributed by atoms with E-state index in [0.29, 0.717) is 11.5 Å². The van der Waals surface area contributed by atoms with Crippen molar-refractivity contribution in [3.8, 4) is 0 Å². The molecule has 0 saturated carbocycles. The number of hydrogen-bond acceptors (Lipinski definition) is 2. The number of aromatic nitrogens is 1. The summed E-state index contributed by atoms with van der Waals surface area (Å²) in [6, 6.07) is 12.5. The van der Waals surface area contributed by atoms with E-state index in [1.165, 1.54) is 12.1 Å². The van der Waals surface area contributed by atoms with Crippen LogP contribution < -0.4 is 10.6 Å². The lowest BCUT2D eigenvalue weighted by Gasteiger charge is -2.13. The minimum absolute atomic E-state index is 0.468. The van der Waals surface area contributed by atoms with Gasteiger partial charge in [0, 0.05) is 23.1 Å². The van der Waals surface area contributed by atoms with E-state index in [4.69, 9.17) is 0 Å². The maximum absolute atomic E-state index is 12.5. The summed E-state index contributed by atoms with van der Waals surface area (Å²) in [6.45, 7) is 3.83. The summed E-state index contributed by atoms with van der Waals surface area (Å²) in [6.07, 6.45) is -2.48. The molecule has 0 saturated heterocycles. The number of anilines is 2. The Balaban J connectivity index is 1.66. The van der Waals surface area contributed by atoms with Crippen LogP contribution in [0, 0.1) is 0 Å². The van der Waals surface area contributed by atoms with Crippen LogP contribution in [0.5, 0.6) is 0 Å². The summed E-state index contributed by atoms with van der Waals surface area (Å²) in [5, 5.41) is 7.09. The molecule has 2 aromatic carbocycles. The Hall–Kier alpha value is -2.89. The maximum atomic E-state index is 12.5. The van der Waals surface area contributed by atoms with Gasteiger partial charge >= 0.3 is 6.18 Å². The number of fused-ring (bicyclic) bond motifs is 1. The fourth-order valence-corrected chi connectivity index (χ4v) is 2.25. The van der Waals surface area contributed by atoms with Gasteiger partial charge in [-0.05, 0) is 47.9 Å². The van der Waals surface area contributed by atoms with E-state index in [2.05, 4.69) is 22.2 Å². The van der Waals surface area contributed by atoms with Crippen molar-refractivity contribution in [2.45, 2.75) is 6.18 Å². The maximum Gasteiger partial charge on any atom is 0.416 e. The lowest BCUT2D eigenvalue weighted by atomic mass is 10.2. The Morgan fingerprint density at radius 3 is 2.26 bits per heavy atom. The molecule has 118 valence electrons. The van der Waals surface area contributed by atoms with E-state index < -0.39 is 11.7 Å². The first kappa shape index (κ1) is 15.0. The molecule has 0 radical (unpaired) electrons. The van der Waals surface area contributed by atoms with Crippen molar-refractivity contribution in [2.75, 3.05) is 10.6 Å². The minimum Gasteiger partial charge on any atom is -0.361 e. The molecule has 3 aromatic rings. The quantitative estimate of drug-likeness (QED) is 0.620. The van der Waals surface area contributed by atoms with E-state index in [9.17, 15) is 13.2 Å². The van der Waals surface area contributed by atoms with Gasteiger partial charge in [-0.15, -0.1) is 0 Å². The van der Waals surface area contributed by atoms with Crippen molar-refractivity contribution in [2.24, 2.45) is 0 Å². The molecular weight excluding hydrogens is 303 g/mol. The van der Waals surface area contributed by atoms with Crippen LogP contribution in [0.25, 0.3) is 10.9 Å². The normalized spacial score (nSPS) is 11.4. The first-order valence-electron chi connectivity index (χ1n) is 6.89. The van der Waals surface area contributed by atoms with E-state index >= 15 is 0 Å². The Bertz CT molecular complexity index is 832. The predicted octanol–water partition coefficient (Wildman–Crippen LogP) is 5.18. The summed E-state index contributed by atoms with van der Waals surface area (Å²) >= 11 is 0. The highest BCUT2D eigenvalue weighted by atomic mass is 19.4. The molecule has 1 heterocycles. The van der Waals surface area contributed by atoms with Crippen LogP contribution in [0.2, 0.25) is 0 Å². The van der Waals surface area contributed by atoms with Crippen molar-refractivity contribution in [1.82, 2.24) is 4.98 Å². The average molecular weight is 317 g/mol. The third-order valence-electron chi connectivity index (χ3n) is 3.36. The molecule has 0 aliphatic carbocycles. The second-order valence-corrected chi connectivity index (χ2v) is 5.08. The van der Waals surface area contributed by atoms with Gasteiger partial charge < -0.3 is 15.6 Å². The summed E-state index contributed by atoms with van der Waals surface area (Å²) in [4.78, 5) is 3.11. The molecule has 0 unspecified atom stereocenters. The monoisotopic (exact) mass is 317 g/mol. The zero-order chi connectivity index (χ0) is 16.4. The highest BCUT2D eigenvalue weighted by Crippen LogP contribution is 2.30. The van der Waals surface area contributed by atoms with Gasteiger partial charge in [0.2, 0.25) is 0 Å². The molecule has 0 fully saturated rings. The van der Waals surface area contributed by atoms with E-state index in [1.807, 2.05) is 30.5 Å². The standard InChI is InChI=1S/C17H14F3N3/c1-11(22-14-6-3-13(4-7-14)17(18,19)20)23-15-5-2-12-8-9-21-16(12)10-15/h2-10,21-23H,1H2. The Morgan fingerprint density at radius 1 is 0.913 bits per heavy atom. The van der Waals surface area contributed by atoms with Gasteiger partial charge in [0.1, 0.15) is 5.82 Å². The number of H-pyrrole nitrogens is 1. The molecule has 0 aliphatic heterocycles. The highest BCUT2D eigenvalue weighted by molar-refractivity contribution is 5.83. The molecule has 3 N–H and O–H groups in total. The van der Waals surface area contributed by atoms with Crippen LogP contribution in [0.3, 0.4) is 0 Å². The Labute approximate surface area is 130 Å². The first-order chi connectivity index (χ1) is 10.9. The van der Waals surface area contributed by atoms with Crippen molar-refractivity contribution in [1.29, 1.82) is 0 Å². The van der Waals surface area contributed by atoms with Gasteiger partial charge in [0.15, 0.2) is 0 Å². The second kappa shape index (κ2) is 5.72. The number of halogens is 3. The molecule has 6 heteroatoms. The smallest absolute Gasteiger partial charge is 0.361 e. The molecule has 3 nitrogen and oxygen atoms in total. The number of nitrogens with one attached hydrogen (secondary N) is 3. The Morgan fingerprint density at radius 2 is 1.57 bits per heavy atom. The van der Waals surface area contributed by atoms with Crippen LogP contribution in [0.4, 0.5) is 24.5 Å². The minimum atomic E-state index is -4.33. The largest absolute Gasteiger partial charge is 0.416 e. The predicted molar refractivity (Wildman–Crippen MR) is 86.1 cm³/mol. The number of rotatable bonds is 4. The molecule has 0 aliphatic rings. The molecule has 0 bridgehead atoms. The summed E-state index contributed by atoms with van der Waals surface area (Å²) < 4.78 is 37.6. The zero-order valence-electron chi connectivity index (χ0n) is 12.0. The third kappa shape index (κ3) is 3.48. The lowest BCUT2D eigenvalue weighted by molar-refractivity contribution is -0.137. The summed E-state index contributed by atoms with van der Waals surface area (Å²) in [5.41, 5.74) is 1.65. The fraction of sp³-hybridized carbons (Fsp3) is 0.0588. The summed E-state index contributed by atoms with van der Waals surface area (Å²) in [5.74, 6) is 0.468. The SMILES string of the molecule is C=C(Nc1ccc(C(F)(F)F)cc1)Nc1ccc2cc[nH]c2c1. The van der Waals surface area contributed by atoms with Crippen LogP contribution in [-0.4, -0.2) is 4.98 Å². The number of hydrogen-bond donors (Lipinski definition) is 3. The Kier molecular flexibility index (Phi) is 3.73. The van der Waals surface area contributed by atoms with Crippen molar-refractivity contribution >= 4 is 22.3 Å². The van der Waals surface area contributed by atoms with E-state index in [0.717, 1.165) is 28.7 Å². The van der Waals surface area contributed by atoms with E-state index in [-0.39, 0.29) is 0 Å². The van der Waals surface area contributed by atoms with Crippen molar-refractivity contribution in [3.63, 3.8) is 0 Å². The molecule has 0 spiro atoms. The van der Waals surface area contributed by atoms with Gasteiger partial charge in [-0.25, -0.2) is 0 Å². The third-order valence-corrected chi connectivity index (χ3v) is 3.36. The lowest BCUT2D eigenvalue weighted by Crippen LogP contribution is -2.09. The van der Waals surface area contributed by atoms with Gasteiger partial charge in [-0.2, -0.15) is 13.2 Å². The number of benzene rings is 2. The fourth-order valence-electron chi connectivity index (χ4n) is 2.25. The van der Waals surface area contributed by atoms with Crippen LogP contribution in [0.1, 0.15) is 5.56 Å². The molecule has 0 amide bonds. The molecular formula is C17H14F3N3. The zero-order valence-corrected chi connectivity index (χ0v) is 12.0. The van der Waals surface area contributed by atoms with Crippen molar-refractivity contribution in [3.05, 3.63) is 72.7 Å². The molecule has 0 atom stereocenters. The van der Waals surface area contributed by atoms with Gasteiger partial charge in [0.05, 0.1) is 5.56 Å². The van der Waals surface area contributed by atoms with Gasteiger partial charge in [-0.3, -0.25) is 0 Å². The second-order valence-electron chi connectivity index (χ2n) is 5.08. The highest BCUT2D eigenvalue weighted by Gasteiger charge is 2.29. The topological polar surface area (TPSA) is 39.8 Å². The van der Waals surface area contributed by atoms with Gasteiger partial charge in [0.25, 0.3) is 0 Å². The van der Waals surface area contributed by atoms with Crippen LogP contribution >= 0.6 is 0 Å². The first-order valence-corrected chi connectivity index (χ1v) is 6.89. The number of alkyl halides is 3. The van der Waals surface area contributed by atoms with Crippen LogP contribution in [-0.2, 0) is 6.18 Å². The number of aromatic amines is 1. The summed E-state index contributed by atoms with van der Waals surface area (Å²) in [7, 11) is 0. The van der Waals surface area contributed by atoms with Crippen LogP contribution in [0.15, 0.2) is 67.1 Å².